The van der Waals surface area contributed by atoms with Crippen molar-refractivity contribution in [2.45, 2.75) is 19.1 Å². The van der Waals surface area contributed by atoms with E-state index in [1.807, 2.05) is 0 Å². The summed E-state index contributed by atoms with van der Waals surface area (Å²) in [6.07, 6.45) is 0. The molecule has 1 aromatic rings. The van der Waals surface area contributed by atoms with Gasteiger partial charge in [0.15, 0.2) is 16.7 Å². The molecule has 0 unspecified atom stereocenters. The fraction of sp³-hybridized carbons (Fsp3) is 0.400. The zero-order valence-electron chi connectivity index (χ0n) is 13.0. The highest BCUT2D eigenvalue weighted by Gasteiger charge is 2.31. The highest BCUT2D eigenvalue weighted by atomic mass is 32.2. The van der Waals surface area contributed by atoms with Crippen LogP contribution in [0, 0.1) is 0 Å². The van der Waals surface area contributed by atoms with E-state index >= 15 is 0 Å². The van der Waals surface area contributed by atoms with E-state index in [4.69, 9.17) is 14.2 Å². The fourth-order valence-electron chi connectivity index (χ4n) is 1.92. The smallest absolute Gasteiger partial charge is 0.325 e. The number of nitrogens with zero attached hydrogens (tertiary/aromatic N) is 2. The van der Waals surface area contributed by atoms with Gasteiger partial charge >= 0.3 is 5.97 Å². The number of thioether (sulfide) groups is 1. The van der Waals surface area contributed by atoms with Crippen LogP contribution in [0.15, 0.2) is 28.2 Å². The lowest BCUT2D eigenvalue weighted by Gasteiger charge is -2.08. The Bertz CT molecular complexity index is 628. The molecule has 0 amide bonds. The largest absolute Gasteiger partial charge is 0.493 e. The summed E-state index contributed by atoms with van der Waals surface area (Å²) in [5, 5.41) is 0.113. The summed E-state index contributed by atoms with van der Waals surface area (Å²) >= 11 is 1.28. The fourth-order valence-corrected chi connectivity index (χ4v) is 2.87. The molecule has 6 nitrogen and oxygen atoms in total. The van der Waals surface area contributed by atoms with Gasteiger partial charge in [-0.15, -0.1) is 0 Å². The Kier molecular flexibility index (Phi) is 5.43. The van der Waals surface area contributed by atoms with Crippen molar-refractivity contribution in [1.82, 2.24) is 0 Å². The lowest BCUT2D eigenvalue weighted by Crippen LogP contribution is -2.24. The molecule has 1 heterocycles. The van der Waals surface area contributed by atoms with E-state index in [9.17, 15) is 4.79 Å². The van der Waals surface area contributed by atoms with Gasteiger partial charge in [-0.2, -0.15) is 0 Å². The van der Waals surface area contributed by atoms with Gasteiger partial charge in [-0.3, -0.25) is 4.79 Å². The molecule has 0 spiro atoms. The van der Waals surface area contributed by atoms with E-state index in [0.29, 0.717) is 34.7 Å². The minimum absolute atomic E-state index is 0.286. The molecule has 0 aromatic heterocycles. The molecular weight excluding hydrogens is 304 g/mol. The first-order valence-electron chi connectivity index (χ1n) is 6.78. The quantitative estimate of drug-likeness (QED) is 0.780. The van der Waals surface area contributed by atoms with Crippen molar-refractivity contribution < 1.29 is 19.0 Å². The number of carbonyl (C=O) groups is 1. The van der Waals surface area contributed by atoms with E-state index in [2.05, 4.69) is 9.98 Å². The van der Waals surface area contributed by atoms with Crippen LogP contribution in [0.5, 0.6) is 11.5 Å². The average molecular weight is 322 g/mol. The summed E-state index contributed by atoms with van der Waals surface area (Å²) in [7, 11) is 3.14. The number of aliphatic imine (C=N–C) groups is 2. The van der Waals surface area contributed by atoms with Crippen LogP contribution in [-0.4, -0.2) is 42.9 Å². The van der Waals surface area contributed by atoms with Crippen LogP contribution in [-0.2, 0) is 9.53 Å². The first-order valence-corrected chi connectivity index (χ1v) is 7.66. The van der Waals surface area contributed by atoms with Crippen molar-refractivity contribution >= 4 is 34.3 Å². The first kappa shape index (κ1) is 16.4. The monoisotopic (exact) mass is 322 g/mol. The van der Waals surface area contributed by atoms with Crippen LogP contribution in [0.4, 0.5) is 5.69 Å². The number of esters is 1. The van der Waals surface area contributed by atoms with Gasteiger partial charge in [-0.05, 0) is 26.0 Å². The van der Waals surface area contributed by atoms with E-state index in [-0.39, 0.29) is 5.97 Å². The van der Waals surface area contributed by atoms with Crippen LogP contribution in [0.2, 0.25) is 0 Å². The number of rotatable bonds is 5. The van der Waals surface area contributed by atoms with Crippen LogP contribution in [0.3, 0.4) is 0 Å². The molecule has 0 saturated carbocycles. The lowest BCUT2D eigenvalue weighted by atomic mass is 10.3. The maximum absolute atomic E-state index is 11.8. The zero-order valence-corrected chi connectivity index (χ0v) is 13.8. The molecule has 1 aliphatic rings. The van der Waals surface area contributed by atoms with Crippen molar-refractivity contribution in [3.05, 3.63) is 18.2 Å². The maximum atomic E-state index is 11.8. The molecule has 1 atom stereocenters. The van der Waals surface area contributed by atoms with Crippen molar-refractivity contribution in [2.75, 3.05) is 20.8 Å². The predicted octanol–water partition coefficient (Wildman–Crippen LogP) is 2.83. The Hall–Kier alpha value is -2.02. The summed E-state index contributed by atoms with van der Waals surface area (Å²) in [6.45, 7) is 3.93. The third kappa shape index (κ3) is 3.59. The molecule has 1 aromatic carbocycles. The van der Waals surface area contributed by atoms with Crippen LogP contribution >= 0.6 is 11.8 Å². The van der Waals surface area contributed by atoms with Crippen LogP contribution in [0.25, 0.3) is 0 Å². The summed E-state index contributed by atoms with van der Waals surface area (Å²) < 4.78 is 15.5. The average Bonchev–Trinajstić information content (AvgIpc) is 2.88. The van der Waals surface area contributed by atoms with Gasteiger partial charge in [0.25, 0.3) is 0 Å². The number of hydrogen-bond acceptors (Lipinski definition) is 6. The van der Waals surface area contributed by atoms with Gasteiger partial charge in [0.1, 0.15) is 5.25 Å². The molecule has 2 rings (SSSR count). The number of carbonyl (C=O) groups excluding carboxylic acids is 1. The molecule has 0 aliphatic carbocycles. The molecule has 0 bridgehead atoms. The molecule has 7 heteroatoms. The Morgan fingerprint density at radius 2 is 2.05 bits per heavy atom. The molecule has 1 aliphatic heterocycles. The summed E-state index contributed by atoms with van der Waals surface area (Å²) in [5.74, 6) is 0.941. The van der Waals surface area contributed by atoms with Gasteiger partial charge in [-0.1, -0.05) is 11.8 Å². The SMILES string of the molecule is CCOC(=O)[C@@H]1SC(=Nc2ccc(OC)c(OC)c2)N=C1C. The van der Waals surface area contributed by atoms with Crippen molar-refractivity contribution in [3.8, 4) is 11.5 Å². The topological polar surface area (TPSA) is 69.5 Å². The minimum atomic E-state index is -0.418. The number of benzene rings is 1. The molecule has 0 radical (unpaired) electrons. The molecule has 118 valence electrons. The molecular formula is C15H18N2O4S. The molecule has 0 saturated heterocycles. The second kappa shape index (κ2) is 7.31. The summed E-state index contributed by atoms with van der Waals surface area (Å²) in [6, 6.07) is 5.34. The predicted molar refractivity (Wildman–Crippen MR) is 87.8 cm³/mol. The third-order valence-corrected chi connectivity index (χ3v) is 4.13. The number of methoxy groups -OCH3 is 2. The standard InChI is InChI=1S/C15H18N2O4S/c1-5-21-14(18)13-9(2)16-15(22-13)17-10-6-7-11(19-3)12(8-10)20-4/h6-8,13H,5H2,1-4H3/t13-/m1/s1. The zero-order chi connectivity index (χ0) is 16.1. The molecule has 22 heavy (non-hydrogen) atoms. The Balaban J connectivity index is 2.19. The van der Waals surface area contributed by atoms with Crippen molar-refractivity contribution in [1.29, 1.82) is 0 Å². The Morgan fingerprint density at radius 3 is 2.68 bits per heavy atom. The summed E-state index contributed by atoms with van der Waals surface area (Å²) in [4.78, 5) is 20.6. The molecule has 0 N–H and O–H groups in total. The van der Waals surface area contributed by atoms with E-state index in [0.717, 1.165) is 0 Å². The Labute approximate surface area is 133 Å². The van der Waals surface area contributed by atoms with Gasteiger partial charge in [0.05, 0.1) is 26.5 Å². The van der Waals surface area contributed by atoms with E-state index in [1.54, 1.807) is 46.3 Å². The number of ether oxygens (including phenoxy) is 3. The van der Waals surface area contributed by atoms with Gasteiger partial charge < -0.3 is 14.2 Å². The van der Waals surface area contributed by atoms with Gasteiger partial charge in [-0.25, -0.2) is 9.98 Å². The maximum Gasteiger partial charge on any atom is 0.325 e. The van der Waals surface area contributed by atoms with Crippen LogP contribution < -0.4 is 9.47 Å². The first-order chi connectivity index (χ1) is 10.6. The second-order valence-corrected chi connectivity index (χ2v) is 5.51. The highest BCUT2D eigenvalue weighted by molar-refractivity contribution is 8.16. The lowest BCUT2D eigenvalue weighted by molar-refractivity contribution is -0.141. The Morgan fingerprint density at radius 1 is 1.32 bits per heavy atom. The highest BCUT2D eigenvalue weighted by Crippen LogP contribution is 2.33. The van der Waals surface area contributed by atoms with Gasteiger partial charge in [0.2, 0.25) is 0 Å². The normalized spacial score (nSPS) is 19.0. The van der Waals surface area contributed by atoms with Gasteiger partial charge in [0, 0.05) is 11.8 Å². The van der Waals surface area contributed by atoms with Crippen molar-refractivity contribution in [2.24, 2.45) is 9.98 Å². The van der Waals surface area contributed by atoms with E-state index < -0.39 is 5.25 Å². The van der Waals surface area contributed by atoms with E-state index in [1.165, 1.54) is 11.8 Å². The van der Waals surface area contributed by atoms with Crippen molar-refractivity contribution in [3.63, 3.8) is 0 Å². The third-order valence-electron chi connectivity index (χ3n) is 2.97. The molecule has 0 fully saturated rings. The minimum Gasteiger partial charge on any atom is -0.493 e. The van der Waals surface area contributed by atoms with Crippen LogP contribution in [0.1, 0.15) is 13.8 Å². The number of hydrogen-bond donors (Lipinski definition) is 0. The number of amidine groups is 1. The summed E-state index contributed by atoms with van der Waals surface area (Å²) in [5.41, 5.74) is 1.38. The second-order valence-electron chi connectivity index (χ2n) is 4.44.